The standard InChI is InChI=1S/C21H35N5O2.HI/c1-21(2,3)28-20(27)24-18-11-12-26(15-18)19(22-4)23-13-16-9-7-8-10-17(16)14-25(5)6;/h7-10,18H,11-15H2,1-6H3,(H,22,23)(H,24,27);1H. The van der Waals surface area contributed by atoms with Crippen molar-refractivity contribution >= 4 is 36.0 Å². The van der Waals surface area contributed by atoms with E-state index in [4.69, 9.17) is 4.74 Å². The average Bonchev–Trinajstić information content (AvgIpc) is 3.02. The van der Waals surface area contributed by atoms with Gasteiger partial charge in [-0.25, -0.2) is 4.79 Å². The highest BCUT2D eigenvalue weighted by molar-refractivity contribution is 14.0. The maximum atomic E-state index is 12.0. The van der Waals surface area contributed by atoms with Crippen molar-refractivity contribution in [3.05, 3.63) is 35.4 Å². The summed E-state index contributed by atoms with van der Waals surface area (Å²) in [4.78, 5) is 20.8. The molecule has 0 saturated carbocycles. The van der Waals surface area contributed by atoms with Crippen molar-refractivity contribution in [3.8, 4) is 0 Å². The minimum atomic E-state index is -0.486. The van der Waals surface area contributed by atoms with Crippen LogP contribution in [0.2, 0.25) is 0 Å². The number of carbonyl (C=O) groups excluding carboxylic acids is 1. The first-order chi connectivity index (χ1) is 13.2. The lowest BCUT2D eigenvalue weighted by atomic mass is 10.1. The van der Waals surface area contributed by atoms with E-state index in [0.29, 0.717) is 0 Å². The maximum absolute atomic E-state index is 12.0. The molecule has 1 aliphatic rings. The van der Waals surface area contributed by atoms with E-state index in [1.54, 1.807) is 7.05 Å². The molecule has 8 heteroatoms. The van der Waals surface area contributed by atoms with Crippen molar-refractivity contribution in [2.75, 3.05) is 34.2 Å². The lowest BCUT2D eigenvalue weighted by Crippen LogP contribution is -2.44. The second-order valence-corrected chi connectivity index (χ2v) is 8.49. The predicted molar refractivity (Wildman–Crippen MR) is 129 cm³/mol. The van der Waals surface area contributed by atoms with Gasteiger partial charge in [0, 0.05) is 33.2 Å². The minimum absolute atomic E-state index is 0. The average molecular weight is 517 g/mol. The number of carbonyl (C=O) groups is 1. The van der Waals surface area contributed by atoms with Crippen molar-refractivity contribution in [1.82, 2.24) is 20.4 Å². The van der Waals surface area contributed by atoms with Crippen molar-refractivity contribution in [2.24, 2.45) is 4.99 Å². The Balaban J connectivity index is 0.00000420. The normalized spacial score (nSPS) is 17.1. The van der Waals surface area contributed by atoms with E-state index < -0.39 is 5.60 Å². The van der Waals surface area contributed by atoms with Crippen molar-refractivity contribution in [1.29, 1.82) is 0 Å². The molecule has 1 heterocycles. The van der Waals surface area contributed by atoms with Crippen molar-refractivity contribution in [2.45, 2.75) is 51.9 Å². The van der Waals surface area contributed by atoms with Gasteiger partial charge in [-0.05, 0) is 52.4 Å². The fourth-order valence-corrected chi connectivity index (χ4v) is 3.28. The van der Waals surface area contributed by atoms with Crippen LogP contribution in [0.4, 0.5) is 4.79 Å². The number of halogens is 1. The molecule has 7 nitrogen and oxygen atoms in total. The highest BCUT2D eigenvalue weighted by Crippen LogP contribution is 2.14. The Morgan fingerprint density at radius 1 is 1.28 bits per heavy atom. The SMILES string of the molecule is CN=C(NCc1ccccc1CN(C)C)N1CCC(NC(=O)OC(C)(C)C)C1.I. The Kier molecular flexibility index (Phi) is 10.2. The number of nitrogens with zero attached hydrogens (tertiary/aromatic N) is 3. The summed E-state index contributed by atoms with van der Waals surface area (Å²) in [6, 6.07) is 8.52. The number of benzene rings is 1. The maximum Gasteiger partial charge on any atom is 0.407 e. The number of nitrogens with one attached hydrogen (secondary N) is 2. The highest BCUT2D eigenvalue weighted by Gasteiger charge is 2.27. The van der Waals surface area contributed by atoms with Crippen LogP contribution in [0.3, 0.4) is 0 Å². The number of hydrogen-bond acceptors (Lipinski definition) is 4. The van der Waals surface area contributed by atoms with Gasteiger partial charge in [-0.1, -0.05) is 24.3 Å². The Morgan fingerprint density at radius 3 is 2.52 bits per heavy atom. The summed E-state index contributed by atoms with van der Waals surface area (Å²) in [5, 5.41) is 6.42. The Labute approximate surface area is 192 Å². The molecular weight excluding hydrogens is 481 g/mol. The van der Waals surface area contributed by atoms with E-state index in [1.165, 1.54) is 11.1 Å². The smallest absolute Gasteiger partial charge is 0.407 e. The third-order valence-corrected chi connectivity index (χ3v) is 4.46. The molecular formula is C21H36IN5O2. The molecule has 1 unspecified atom stereocenters. The third kappa shape index (κ3) is 8.77. The summed E-state index contributed by atoms with van der Waals surface area (Å²) in [7, 11) is 5.94. The van der Waals surface area contributed by atoms with Crippen LogP contribution in [0.15, 0.2) is 29.3 Å². The topological polar surface area (TPSA) is 69.2 Å². The lowest BCUT2D eigenvalue weighted by molar-refractivity contribution is 0.0507. The molecule has 2 rings (SSSR count). The number of aliphatic imine (C=N–C) groups is 1. The number of alkyl carbamates (subject to hydrolysis) is 1. The molecule has 1 aliphatic heterocycles. The first-order valence-corrected chi connectivity index (χ1v) is 9.84. The fraction of sp³-hybridized carbons (Fsp3) is 0.619. The van der Waals surface area contributed by atoms with Crippen molar-refractivity contribution in [3.63, 3.8) is 0 Å². The first-order valence-electron chi connectivity index (χ1n) is 9.84. The van der Waals surface area contributed by atoms with E-state index in [9.17, 15) is 4.79 Å². The van der Waals surface area contributed by atoms with Gasteiger partial charge in [-0.3, -0.25) is 4.99 Å². The van der Waals surface area contributed by atoms with Crippen LogP contribution in [-0.4, -0.2) is 67.7 Å². The quantitative estimate of drug-likeness (QED) is 0.357. The molecule has 1 amide bonds. The molecule has 1 saturated heterocycles. The summed E-state index contributed by atoms with van der Waals surface area (Å²) < 4.78 is 5.35. The summed E-state index contributed by atoms with van der Waals surface area (Å²) in [5.41, 5.74) is 2.08. The van der Waals surface area contributed by atoms with E-state index in [2.05, 4.69) is 63.8 Å². The van der Waals surface area contributed by atoms with Gasteiger partial charge in [0.25, 0.3) is 0 Å². The molecule has 0 bridgehead atoms. The number of ether oxygens (including phenoxy) is 1. The fourth-order valence-electron chi connectivity index (χ4n) is 3.28. The molecule has 1 aromatic rings. The summed E-state index contributed by atoms with van der Waals surface area (Å²) in [6.07, 6.45) is 0.511. The van der Waals surface area contributed by atoms with E-state index in [-0.39, 0.29) is 36.1 Å². The number of hydrogen-bond donors (Lipinski definition) is 2. The largest absolute Gasteiger partial charge is 0.444 e. The molecule has 1 atom stereocenters. The number of likely N-dealkylation sites (tertiary alicyclic amines) is 1. The van der Waals surface area contributed by atoms with Gasteiger partial charge in [-0.15, -0.1) is 24.0 Å². The Hall–Kier alpha value is -1.55. The van der Waals surface area contributed by atoms with Gasteiger partial charge in [0.1, 0.15) is 5.60 Å². The molecule has 1 aromatic carbocycles. The van der Waals surface area contributed by atoms with Crippen LogP contribution < -0.4 is 10.6 Å². The van der Waals surface area contributed by atoms with E-state index in [1.807, 2.05) is 20.8 Å². The molecule has 1 fully saturated rings. The van der Waals surface area contributed by atoms with Gasteiger partial charge in [0.2, 0.25) is 0 Å². The third-order valence-electron chi connectivity index (χ3n) is 4.46. The minimum Gasteiger partial charge on any atom is -0.444 e. The monoisotopic (exact) mass is 517 g/mol. The van der Waals surface area contributed by atoms with Crippen LogP contribution >= 0.6 is 24.0 Å². The van der Waals surface area contributed by atoms with Gasteiger partial charge in [0.15, 0.2) is 5.96 Å². The van der Waals surface area contributed by atoms with Crippen LogP contribution in [0.5, 0.6) is 0 Å². The number of guanidine groups is 1. The molecule has 0 aromatic heterocycles. The van der Waals surface area contributed by atoms with Crippen molar-refractivity contribution < 1.29 is 9.53 Å². The summed E-state index contributed by atoms with van der Waals surface area (Å²) in [5.74, 6) is 0.855. The zero-order valence-electron chi connectivity index (χ0n) is 18.5. The molecule has 164 valence electrons. The molecule has 0 spiro atoms. The van der Waals surface area contributed by atoms with Gasteiger partial charge in [-0.2, -0.15) is 0 Å². The zero-order chi connectivity index (χ0) is 20.7. The molecule has 2 N–H and O–H groups in total. The van der Waals surface area contributed by atoms with E-state index in [0.717, 1.165) is 38.6 Å². The van der Waals surface area contributed by atoms with E-state index >= 15 is 0 Å². The van der Waals surface area contributed by atoms with Crippen LogP contribution in [0, 0.1) is 0 Å². The predicted octanol–water partition coefficient (Wildman–Crippen LogP) is 3.04. The summed E-state index contributed by atoms with van der Waals surface area (Å²) in [6.45, 7) is 8.80. The molecule has 0 radical (unpaired) electrons. The van der Waals surface area contributed by atoms with Crippen LogP contribution in [-0.2, 0) is 17.8 Å². The second-order valence-electron chi connectivity index (χ2n) is 8.49. The van der Waals surface area contributed by atoms with Gasteiger partial charge < -0.3 is 25.2 Å². The Morgan fingerprint density at radius 2 is 1.93 bits per heavy atom. The summed E-state index contributed by atoms with van der Waals surface area (Å²) >= 11 is 0. The number of amides is 1. The zero-order valence-corrected chi connectivity index (χ0v) is 20.8. The molecule has 0 aliphatic carbocycles. The lowest BCUT2D eigenvalue weighted by Gasteiger charge is -2.24. The highest BCUT2D eigenvalue weighted by atomic mass is 127. The van der Waals surface area contributed by atoms with Crippen LogP contribution in [0.25, 0.3) is 0 Å². The second kappa shape index (κ2) is 11.6. The Bertz CT molecular complexity index is 688. The van der Waals surface area contributed by atoms with Crippen LogP contribution in [0.1, 0.15) is 38.3 Å². The van der Waals surface area contributed by atoms with Gasteiger partial charge in [0.05, 0.1) is 6.04 Å². The first kappa shape index (κ1) is 25.5. The van der Waals surface area contributed by atoms with Gasteiger partial charge >= 0.3 is 6.09 Å². The number of rotatable bonds is 5. The molecule has 29 heavy (non-hydrogen) atoms.